The molecule has 4 heteroatoms. The van der Waals surface area contributed by atoms with Crippen molar-refractivity contribution in [2.75, 3.05) is 23.8 Å². The molecular formula is C17H20N2O2. The maximum absolute atomic E-state index is 9.30. The molecule has 0 saturated carbocycles. The number of nitrogen functional groups attached to an aromatic ring is 1. The van der Waals surface area contributed by atoms with Gasteiger partial charge in [-0.3, -0.25) is 0 Å². The zero-order chi connectivity index (χ0) is 14.7. The Morgan fingerprint density at radius 3 is 2.76 bits per heavy atom. The van der Waals surface area contributed by atoms with Crippen molar-refractivity contribution >= 4 is 11.4 Å². The fourth-order valence-electron chi connectivity index (χ4n) is 2.74. The summed E-state index contributed by atoms with van der Waals surface area (Å²) in [5.41, 5.74) is 8.88. The Bertz CT molecular complexity index is 601. The van der Waals surface area contributed by atoms with E-state index in [1.165, 1.54) is 5.56 Å². The molecule has 0 aromatic heterocycles. The van der Waals surface area contributed by atoms with Crippen LogP contribution >= 0.6 is 0 Å². The number of hydrogen-bond donors (Lipinski definition) is 2. The molecule has 1 atom stereocenters. The summed E-state index contributed by atoms with van der Waals surface area (Å²) < 4.78 is 5.80. The van der Waals surface area contributed by atoms with E-state index in [9.17, 15) is 5.11 Å². The van der Waals surface area contributed by atoms with Gasteiger partial charge in [-0.05, 0) is 30.2 Å². The number of hydrogen-bond acceptors (Lipinski definition) is 4. The minimum atomic E-state index is 0.150. The molecule has 1 aliphatic heterocycles. The van der Waals surface area contributed by atoms with Gasteiger partial charge < -0.3 is 20.5 Å². The molecule has 0 spiro atoms. The minimum absolute atomic E-state index is 0.150. The summed E-state index contributed by atoms with van der Waals surface area (Å²) in [7, 11) is 0. The molecule has 0 fully saturated rings. The van der Waals surface area contributed by atoms with Crippen LogP contribution in [0.15, 0.2) is 48.5 Å². The molecule has 0 bridgehead atoms. The summed E-state index contributed by atoms with van der Waals surface area (Å²) in [5, 5.41) is 9.30. The molecular weight excluding hydrogens is 264 g/mol. The van der Waals surface area contributed by atoms with Crippen molar-refractivity contribution < 1.29 is 9.84 Å². The lowest BCUT2D eigenvalue weighted by Crippen LogP contribution is -2.43. The van der Waals surface area contributed by atoms with E-state index in [0.717, 1.165) is 23.7 Å². The number of anilines is 2. The maximum atomic E-state index is 9.30. The van der Waals surface area contributed by atoms with Gasteiger partial charge in [-0.1, -0.05) is 30.3 Å². The molecule has 110 valence electrons. The fraction of sp³-hybridized carbons (Fsp3) is 0.294. The number of fused-ring (bicyclic) bond motifs is 1. The molecule has 0 aliphatic carbocycles. The highest BCUT2D eigenvalue weighted by Gasteiger charge is 2.27. The second-order valence-electron chi connectivity index (χ2n) is 5.32. The van der Waals surface area contributed by atoms with Crippen LogP contribution in [-0.2, 0) is 6.54 Å². The van der Waals surface area contributed by atoms with Gasteiger partial charge in [0.05, 0.1) is 11.7 Å². The average molecular weight is 284 g/mol. The first-order valence-electron chi connectivity index (χ1n) is 7.21. The zero-order valence-electron chi connectivity index (χ0n) is 11.9. The van der Waals surface area contributed by atoms with E-state index < -0.39 is 0 Å². The molecule has 21 heavy (non-hydrogen) atoms. The Kier molecular flexibility index (Phi) is 3.97. The highest BCUT2D eigenvalue weighted by Crippen LogP contribution is 2.37. The molecule has 0 amide bonds. The molecule has 1 aliphatic rings. The summed E-state index contributed by atoms with van der Waals surface area (Å²) in [6.07, 6.45) is 0.682. The van der Waals surface area contributed by atoms with Crippen molar-refractivity contribution in [1.29, 1.82) is 0 Å². The van der Waals surface area contributed by atoms with Crippen LogP contribution < -0.4 is 15.4 Å². The quantitative estimate of drug-likeness (QED) is 0.847. The van der Waals surface area contributed by atoms with Crippen molar-refractivity contribution in [1.82, 2.24) is 0 Å². The Balaban J connectivity index is 1.94. The monoisotopic (exact) mass is 284 g/mol. The van der Waals surface area contributed by atoms with Gasteiger partial charge in [-0.2, -0.15) is 0 Å². The molecule has 3 rings (SSSR count). The SMILES string of the molecule is Nc1ccc2c(c1)N(Cc1ccccc1)C(CCO)CO2. The topological polar surface area (TPSA) is 58.7 Å². The Morgan fingerprint density at radius 1 is 1.19 bits per heavy atom. The van der Waals surface area contributed by atoms with E-state index in [4.69, 9.17) is 10.5 Å². The predicted molar refractivity (Wildman–Crippen MR) is 84.5 cm³/mol. The normalized spacial score (nSPS) is 17.2. The van der Waals surface area contributed by atoms with Crippen molar-refractivity contribution in [3.63, 3.8) is 0 Å². The third kappa shape index (κ3) is 2.95. The van der Waals surface area contributed by atoms with Crippen LogP contribution in [0.1, 0.15) is 12.0 Å². The molecule has 2 aromatic rings. The lowest BCUT2D eigenvalue weighted by Gasteiger charge is -2.38. The largest absolute Gasteiger partial charge is 0.489 e. The molecule has 1 unspecified atom stereocenters. The van der Waals surface area contributed by atoms with Crippen LogP contribution in [0.25, 0.3) is 0 Å². The van der Waals surface area contributed by atoms with Gasteiger partial charge >= 0.3 is 0 Å². The third-order valence-electron chi connectivity index (χ3n) is 3.82. The highest BCUT2D eigenvalue weighted by molar-refractivity contribution is 5.66. The first-order chi connectivity index (χ1) is 10.3. The summed E-state index contributed by atoms with van der Waals surface area (Å²) in [6.45, 7) is 1.52. The summed E-state index contributed by atoms with van der Waals surface area (Å²) in [4.78, 5) is 2.28. The van der Waals surface area contributed by atoms with Gasteiger partial charge in [-0.25, -0.2) is 0 Å². The Labute approximate surface area is 124 Å². The zero-order valence-corrected chi connectivity index (χ0v) is 11.9. The van der Waals surface area contributed by atoms with Crippen molar-refractivity contribution in [3.05, 3.63) is 54.1 Å². The van der Waals surface area contributed by atoms with Crippen molar-refractivity contribution in [3.8, 4) is 5.75 Å². The molecule has 0 radical (unpaired) electrons. The maximum Gasteiger partial charge on any atom is 0.142 e. The van der Waals surface area contributed by atoms with E-state index in [0.29, 0.717) is 13.0 Å². The van der Waals surface area contributed by atoms with Crippen molar-refractivity contribution in [2.24, 2.45) is 0 Å². The smallest absolute Gasteiger partial charge is 0.142 e. The first-order valence-corrected chi connectivity index (χ1v) is 7.21. The summed E-state index contributed by atoms with van der Waals surface area (Å²) in [5.74, 6) is 0.856. The first kappa shape index (κ1) is 13.8. The highest BCUT2D eigenvalue weighted by atomic mass is 16.5. The average Bonchev–Trinajstić information content (AvgIpc) is 2.51. The number of ether oxygens (including phenoxy) is 1. The lowest BCUT2D eigenvalue weighted by atomic mass is 10.1. The second kappa shape index (κ2) is 6.06. The number of aliphatic hydroxyl groups excluding tert-OH is 1. The van der Waals surface area contributed by atoms with Gasteiger partial charge in [-0.15, -0.1) is 0 Å². The van der Waals surface area contributed by atoms with E-state index in [1.54, 1.807) is 0 Å². The van der Waals surface area contributed by atoms with Crippen LogP contribution in [0.2, 0.25) is 0 Å². The lowest BCUT2D eigenvalue weighted by molar-refractivity contribution is 0.214. The molecule has 0 saturated heterocycles. The van der Waals surface area contributed by atoms with Gasteiger partial charge in [0.25, 0.3) is 0 Å². The Morgan fingerprint density at radius 2 is 2.00 bits per heavy atom. The summed E-state index contributed by atoms with van der Waals surface area (Å²) >= 11 is 0. The second-order valence-corrected chi connectivity index (χ2v) is 5.32. The van der Waals surface area contributed by atoms with Gasteiger partial charge in [0.1, 0.15) is 12.4 Å². The standard InChI is InChI=1S/C17H20N2O2/c18-14-6-7-17-16(10-14)19(15(8-9-20)12-21-17)11-13-4-2-1-3-5-13/h1-7,10,15,20H,8-9,11-12,18H2. The van der Waals surface area contributed by atoms with Crippen LogP contribution in [-0.4, -0.2) is 24.4 Å². The third-order valence-corrected chi connectivity index (χ3v) is 3.82. The van der Waals surface area contributed by atoms with Gasteiger partial charge in [0, 0.05) is 18.8 Å². The number of nitrogens with zero attached hydrogens (tertiary/aromatic N) is 1. The van der Waals surface area contributed by atoms with Gasteiger partial charge in [0.15, 0.2) is 0 Å². The Hall–Kier alpha value is -2.20. The van der Waals surface area contributed by atoms with Crippen LogP contribution in [0.3, 0.4) is 0 Å². The number of aliphatic hydroxyl groups is 1. The number of rotatable bonds is 4. The number of nitrogens with two attached hydrogens (primary N) is 1. The van der Waals surface area contributed by atoms with E-state index in [-0.39, 0.29) is 12.6 Å². The van der Waals surface area contributed by atoms with Crippen LogP contribution in [0, 0.1) is 0 Å². The fourth-order valence-corrected chi connectivity index (χ4v) is 2.74. The molecule has 2 aromatic carbocycles. The van der Waals surface area contributed by atoms with Gasteiger partial charge in [0.2, 0.25) is 0 Å². The number of benzene rings is 2. The summed E-state index contributed by atoms with van der Waals surface area (Å²) in [6, 6.07) is 16.2. The van der Waals surface area contributed by atoms with E-state index >= 15 is 0 Å². The van der Waals surface area contributed by atoms with Crippen LogP contribution in [0.4, 0.5) is 11.4 Å². The van der Waals surface area contributed by atoms with E-state index in [2.05, 4.69) is 17.0 Å². The predicted octanol–water partition coefficient (Wildman–Crippen LogP) is 2.42. The van der Waals surface area contributed by atoms with Crippen LogP contribution in [0.5, 0.6) is 5.75 Å². The minimum Gasteiger partial charge on any atom is -0.489 e. The van der Waals surface area contributed by atoms with E-state index in [1.807, 2.05) is 36.4 Å². The molecule has 3 N–H and O–H groups in total. The molecule has 4 nitrogen and oxygen atoms in total. The molecule has 1 heterocycles. The van der Waals surface area contributed by atoms with Crippen molar-refractivity contribution in [2.45, 2.75) is 19.0 Å².